The molecule has 0 fully saturated rings. The Hall–Kier alpha value is -4.11. The number of nitro groups is 1. The number of methoxy groups -OCH3 is 1. The Labute approximate surface area is 254 Å². The van der Waals surface area contributed by atoms with Crippen molar-refractivity contribution in [1.82, 2.24) is 5.32 Å². The Morgan fingerprint density at radius 1 is 0.894 bits per heavy atom. The molecule has 1 aromatic rings. The monoisotopic (exact) mass is 707 g/mol. The van der Waals surface area contributed by atoms with E-state index in [9.17, 15) is 76.8 Å². The minimum atomic E-state index is -8.05. The van der Waals surface area contributed by atoms with Gasteiger partial charge < -0.3 is 20.5 Å². The fourth-order valence-corrected chi connectivity index (χ4v) is 4.33. The van der Waals surface area contributed by atoms with Gasteiger partial charge in [-0.2, -0.15) is 57.1 Å². The summed E-state index contributed by atoms with van der Waals surface area (Å²) in [4.78, 5) is 36.2. The van der Waals surface area contributed by atoms with Crippen molar-refractivity contribution in [2.24, 2.45) is 5.73 Å². The van der Waals surface area contributed by atoms with Gasteiger partial charge in [0, 0.05) is 36.5 Å². The molecule has 2 rings (SSSR count). The molecular weight excluding hydrogens is 685 g/mol. The first kappa shape index (κ1) is 39.1. The summed E-state index contributed by atoms with van der Waals surface area (Å²) in [6.45, 7) is -0.611. The summed E-state index contributed by atoms with van der Waals surface area (Å²) >= 11 is 0. The molecule has 0 saturated carbocycles. The first-order chi connectivity index (χ1) is 21.2. The van der Waals surface area contributed by atoms with Crippen LogP contribution >= 0.6 is 0 Å². The van der Waals surface area contributed by atoms with E-state index in [-0.39, 0.29) is 17.0 Å². The highest BCUT2D eigenvalue weighted by Gasteiger charge is 2.90. The van der Waals surface area contributed by atoms with E-state index in [2.05, 4.69) is 5.32 Å². The van der Waals surface area contributed by atoms with Gasteiger partial charge in [-0.15, -0.1) is 0 Å². The van der Waals surface area contributed by atoms with Crippen molar-refractivity contribution in [3.63, 3.8) is 0 Å². The molecule has 47 heavy (non-hydrogen) atoms. The second-order valence-corrected chi connectivity index (χ2v) is 9.78. The number of nitro benzene ring substituents is 1. The van der Waals surface area contributed by atoms with E-state index in [0.29, 0.717) is 0 Å². The molecule has 1 aliphatic heterocycles. The number of nitrogens with one attached hydrogen (secondary N) is 1. The molecule has 264 valence electrons. The number of carbonyl (C=O) groups is 2. The molecule has 0 radical (unpaired) electrons. The number of carbonyl (C=O) groups excluding carboxylic acids is 2. The van der Waals surface area contributed by atoms with Gasteiger partial charge in [0.25, 0.3) is 5.69 Å². The van der Waals surface area contributed by atoms with E-state index in [1.807, 2.05) is 0 Å². The van der Waals surface area contributed by atoms with Crippen LogP contribution in [0.25, 0.3) is 0 Å². The molecule has 3 N–H and O–H groups in total. The number of non-ortho nitro benzene ring substituents is 1. The van der Waals surface area contributed by atoms with Crippen molar-refractivity contribution in [3.8, 4) is 0 Å². The number of hydrogen-bond acceptors (Lipinski definition) is 8. The number of halogens is 13. The number of hydrogen-bond donors (Lipinski definition) is 2. The van der Waals surface area contributed by atoms with Crippen LogP contribution < -0.4 is 11.1 Å². The minimum absolute atomic E-state index is 0.0573. The first-order valence-corrected chi connectivity index (χ1v) is 12.6. The third-order valence-electron chi connectivity index (χ3n) is 6.76. The maximum atomic E-state index is 14.1. The van der Waals surface area contributed by atoms with Crippen LogP contribution in [0.5, 0.6) is 0 Å². The molecule has 1 aliphatic rings. The number of dihydropyridines is 1. The molecular formula is C25H22F13N3O6. The zero-order valence-electron chi connectivity index (χ0n) is 23.6. The van der Waals surface area contributed by atoms with Crippen LogP contribution in [0.1, 0.15) is 31.2 Å². The number of benzene rings is 1. The lowest BCUT2D eigenvalue weighted by atomic mass is 9.80. The fraction of sp³-hybridized carbons (Fsp3) is 0.520. The Kier molecular flexibility index (Phi) is 11.0. The molecule has 0 saturated heterocycles. The van der Waals surface area contributed by atoms with Crippen LogP contribution in [0.3, 0.4) is 0 Å². The zero-order valence-corrected chi connectivity index (χ0v) is 23.6. The van der Waals surface area contributed by atoms with E-state index in [4.69, 9.17) is 15.2 Å². The van der Waals surface area contributed by atoms with Gasteiger partial charge in [-0.05, 0) is 18.9 Å². The quantitative estimate of drug-likeness (QED) is 0.0839. The van der Waals surface area contributed by atoms with Gasteiger partial charge in [0.05, 0.1) is 35.7 Å². The molecule has 0 bridgehead atoms. The lowest BCUT2D eigenvalue weighted by Gasteiger charge is -2.39. The number of allylic oxidation sites excluding steroid dienone is 1. The predicted molar refractivity (Wildman–Crippen MR) is 131 cm³/mol. The predicted octanol–water partition coefficient (Wildman–Crippen LogP) is 6.00. The number of ether oxygens (including phenoxy) is 2. The van der Waals surface area contributed by atoms with Gasteiger partial charge in [0.15, 0.2) is 0 Å². The SMILES string of the molecule is COC(=O)C1=C(CN)NC(C)=C(C(=O)OCCCC(F)(F)C(F)(F)C(F)(F)C(F)(F)C(F)(F)C(F)(F)F)C1c1cccc([N+](=O)[O-])c1. The topological polar surface area (TPSA) is 134 Å². The van der Waals surface area contributed by atoms with Gasteiger partial charge in [0.1, 0.15) is 0 Å². The molecule has 1 heterocycles. The fourth-order valence-electron chi connectivity index (χ4n) is 4.33. The lowest BCUT2D eigenvalue weighted by Crippen LogP contribution is -2.70. The molecule has 9 nitrogen and oxygen atoms in total. The Bertz CT molecular complexity index is 1460. The van der Waals surface area contributed by atoms with Crippen LogP contribution in [-0.4, -0.2) is 72.9 Å². The lowest BCUT2D eigenvalue weighted by molar-refractivity contribution is -0.440. The van der Waals surface area contributed by atoms with Gasteiger partial charge >= 0.3 is 47.7 Å². The smallest absolute Gasteiger partial charge is 0.460 e. The van der Waals surface area contributed by atoms with E-state index in [1.165, 1.54) is 13.0 Å². The van der Waals surface area contributed by atoms with Crippen molar-refractivity contribution >= 4 is 17.6 Å². The molecule has 0 aromatic heterocycles. The minimum Gasteiger partial charge on any atom is -0.466 e. The van der Waals surface area contributed by atoms with Crippen LogP contribution in [0, 0.1) is 10.1 Å². The summed E-state index contributed by atoms with van der Waals surface area (Å²) in [6.07, 6.45) is -11.7. The van der Waals surface area contributed by atoms with Crippen molar-refractivity contribution in [2.75, 3.05) is 20.3 Å². The van der Waals surface area contributed by atoms with Crippen molar-refractivity contribution in [1.29, 1.82) is 0 Å². The van der Waals surface area contributed by atoms with Crippen LogP contribution in [0.2, 0.25) is 0 Å². The number of alkyl halides is 13. The van der Waals surface area contributed by atoms with Crippen molar-refractivity contribution < 1.29 is 81.1 Å². The third kappa shape index (κ3) is 6.82. The molecule has 1 aromatic carbocycles. The second kappa shape index (κ2) is 13.2. The van der Waals surface area contributed by atoms with Crippen LogP contribution in [0.15, 0.2) is 46.8 Å². The standard InChI is InChI=1S/C25H22F13N3O6/c1-11-15(16(12-5-3-6-13(9-12)41(44)45)17(18(42)46-2)14(10-39)40-11)19(43)47-8-4-7-20(26,27)21(28,29)22(30,31)23(32,33)24(34,35)25(36,37)38/h3,5-6,9,16,40H,4,7-8,10,39H2,1-2H3. The van der Waals surface area contributed by atoms with Gasteiger partial charge in [0.2, 0.25) is 0 Å². The van der Waals surface area contributed by atoms with E-state index >= 15 is 0 Å². The summed E-state index contributed by atoms with van der Waals surface area (Å²) in [5.41, 5.74) is 3.85. The van der Waals surface area contributed by atoms with Crippen LogP contribution in [0.4, 0.5) is 62.8 Å². The maximum Gasteiger partial charge on any atom is 0.460 e. The number of rotatable bonds is 13. The highest BCUT2D eigenvalue weighted by atomic mass is 19.4. The summed E-state index contributed by atoms with van der Waals surface area (Å²) < 4.78 is 183. The highest BCUT2D eigenvalue weighted by Crippen LogP contribution is 2.60. The summed E-state index contributed by atoms with van der Waals surface area (Å²) in [5, 5.41) is 13.9. The summed E-state index contributed by atoms with van der Waals surface area (Å²) in [7, 11) is 0.913. The van der Waals surface area contributed by atoms with Gasteiger partial charge in [-0.1, -0.05) is 12.1 Å². The van der Waals surface area contributed by atoms with Crippen molar-refractivity contribution in [2.45, 2.75) is 61.5 Å². The Morgan fingerprint density at radius 3 is 1.94 bits per heavy atom. The average molecular weight is 707 g/mol. The molecule has 0 amide bonds. The normalized spacial score (nSPS) is 17.0. The first-order valence-electron chi connectivity index (χ1n) is 12.6. The average Bonchev–Trinajstić information content (AvgIpc) is 2.97. The largest absolute Gasteiger partial charge is 0.466 e. The molecule has 0 aliphatic carbocycles. The highest BCUT2D eigenvalue weighted by molar-refractivity contribution is 6.00. The van der Waals surface area contributed by atoms with E-state index in [0.717, 1.165) is 25.3 Å². The third-order valence-corrected chi connectivity index (χ3v) is 6.76. The summed E-state index contributed by atoms with van der Waals surface area (Å²) in [6, 6.07) is 4.32. The van der Waals surface area contributed by atoms with Gasteiger partial charge in [-0.3, -0.25) is 10.1 Å². The summed E-state index contributed by atoms with van der Waals surface area (Å²) in [5.74, 6) is -42.0. The Morgan fingerprint density at radius 2 is 1.45 bits per heavy atom. The zero-order chi connectivity index (χ0) is 36.6. The number of esters is 2. The van der Waals surface area contributed by atoms with Gasteiger partial charge in [-0.25, -0.2) is 9.59 Å². The second-order valence-electron chi connectivity index (χ2n) is 9.78. The van der Waals surface area contributed by atoms with E-state index in [1.54, 1.807) is 0 Å². The van der Waals surface area contributed by atoms with Crippen LogP contribution in [-0.2, 0) is 19.1 Å². The van der Waals surface area contributed by atoms with E-state index < -0.39 is 101 Å². The molecule has 22 heteroatoms. The molecule has 1 atom stereocenters. The van der Waals surface area contributed by atoms with Crippen molar-refractivity contribution in [3.05, 3.63) is 62.5 Å². The number of nitrogens with two attached hydrogens (primary N) is 1. The molecule has 0 spiro atoms. The molecule has 1 unspecified atom stereocenters. The maximum absolute atomic E-state index is 14.1. The number of nitrogens with zero attached hydrogens (tertiary/aromatic N) is 1. The Balaban J connectivity index is 2.37.